The van der Waals surface area contributed by atoms with Gasteiger partial charge in [-0.2, -0.15) is 0 Å². The van der Waals surface area contributed by atoms with Gasteiger partial charge in [0.2, 0.25) is 5.88 Å². The molecule has 0 radical (unpaired) electrons. The molecule has 1 aliphatic heterocycles. The third kappa shape index (κ3) is 3.38. The molecule has 0 saturated heterocycles. The summed E-state index contributed by atoms with van der Waals surface area (Å²) in [5.41, 5.74) is 5.48. The summed E-state index contributed by atoms with van der Waals surface area (Å²) in [5, 5.41) is 7.51. The van der Waals surface area contributed by atoms with Gasteiger partial charge in [-0.1, -0.05) is 90.6 Å². The molecule has 0 spiro atoms. The summed E-state index contributed by atoms with van der Waals surface area (Å²) < 4.78 is 14.1. The summed E-state index contributed by atoms with van der Waals surface area (Å²) >= 11 is 1.47. The molecular formula is C30H19N5O2S. The lowest BCUT2D eigenvalue weighted by molar-refractivity contribution is 0.437. The van der Waals surface area contributed by atoms with E-state index < -0.39 is 0 Å². The van der Waals surface area contributed by atoms with E-state index in [1.165, 1.54) is 11.8 Å². The Kier molecular flexibility index (Phi) is 4.75. The number of rotatable bonds is 4. The number of fused-ring (bicyclic) bond motifs is 7. The van der Waals surface area contributed by atoms with Crippen molar-refractivity contribution in [3.8, 4) is 11.6 Å². The van der Waals surface area contributed by atoms with Crippen molar-refractivity contribution in [3.05, 3.63) is 120 Å². The van der Waals surface area contributed by atoms with Gasteiger partial charge in [0, 0.05) is 16.9 Å². The van der Waals surface area contributed by atoms with Gasteiger partial charge in [0.25, 0.3) is 5.22 Å². The Balaban J connectivity index is 1.24. The molecule has 1 atom stereocenters. The van der Waals surface area contributed by atoms with Crippen LogP contribution in [0.4, 0.5) is 0 Å². The van der Waals surface area contributed by atoms with Gasteiger partial charge in [-0.25, -0.2) is 19.5 Å². The number of thioether (sulfide) groups is 1. The van der Waals surface area contributed by atoms with E-state index in [-0.39, 0.29) is 5.92 Å². The Morgan fingerprint density at radius 1 is 0.842 bits per heavy atom. The molecule has 38 heavy (non-hydrogen) atoms. The lowest BCUT2D eigenvalue weighted by Gasteiger charge is -2.28. The monoisotopic (exact) mass is 513 g/mol. The molecule has 8 heteroatoms. The zero-order valence-electron chi connectivity index (χ0n) is 20.0. The highest BCUT2D eigenvalue weighted by molar-refractivity contribution is 7.98. The molecule has 0 saturated carbocycles. The van der Waals surface area contributed by atoms with Gasteiger partial charge in [-0.15, -0.1) is 5.10 Å². The minimum atomic E-state index is -0.0995. The molecule has 0 aliphatic carbocycles. The SMILES string of the molecule is c1ccc(C2c3ccc4ccccc4c3Oc3ncn4nc(CSc5nc6ccccc6o5)nc4c32)cc1. The summed E-state index contributed by atoms with van der Waals surface area (Å²) in [6.45, 7) is 0. The third-order valence-electron chi connectivity index (χ3n) is 6.87. The summed E-state index contributed by atoms with van der Waals surface area (Å²) in [7, 11) is 0. The molecule has 3 aromatic heterocycles. The second-order valence-corrected chi connectivity index (χ2v) is 10.1. The summed E-state index contributed by atoms with van der Waals surface area (Å²) in [6.07, 6.45) is 1.67. The Labute approximate surface area is 221 Å². The zero-order valence-corrected chi connectivity index (χ0v) is 20.8. The van der Waals surface area contributed by atoms with Crippen LogP contribution >= 0.6 is 11.8 Å². The van der Waals surface area contributed by atoms with Crippen LogP contribution in [0.25, 0.3) is 27.5 Å². The van der Waals surface area contributed by atoms with Gasteiger partial charge < -0.3 is 9.15 Å². The molecule has 182 valence electrons. The van der Waals surface area contributed by atoms with Crippen LogP contribution in [0.2, 0.25) is 0 Å². The topological polar surface area (TPSA) is 78.3 Å². The molecular weight excluding hydrogens is 494 g/mol. The van der Waals surface area contributed by atoms with Crippen molar-refractivity contribution < 1.29 is 9.15 Å². The maximum absolute atomic E-state index is 6.50. The Morgan fingerprint density at radius 3 is 2.61 bits per heavy atom. The molecule has 0 N–H and O–H groups in total. The Bertz CT molecular complexity index is 1950. The highest BCUT2D eigenvalue weighted by atomic mass is 32.2. The van der Waals surface area contributed by atoms with Crippen molar-refractivity contribution in [3.63, 3.8) is 0 Å². The molecule has 8 rings (SSSR count). The second kappa shape index (κ2) is 8.43. The standard InChI is InChI=1S/C30H19N5O2S/c1-2-9-19(10-3-1)25-21-15-14-18-8-4-5-11-20(18)27(21)37-29-26(25)28-33-24(34-35(28)17-31-29)16-38-30-32-22-12-6-7-13-23(22)36-30/h1-15,17,25H,16H2. The van der Waals surface area contributed by atoms with Crippen molar-refractivity contribution in [2.45, 2.75) is 16.9 Å². The smallest absolute Gasteiger partial charge is 0.257 e. The highest BCUT2D eigenvalue weighted by Gasteiger charge is 2.34. The fraction of sp³-hybridized carbons (Fsp3) is 0.0667. The second-order valence-electron chi connectivity index (χ2n) is 9.15. The van der Waals surface area contributed by atoms with Crippen molar-refractivity contribution in [1.29, 1.82) is 0 Å². The molecule has 1 aliphatic rings. The predicted octanol–water partition coefficient (Wildman–Crippen LogP) is 7.00. The van der Waals surface area contributed by atoms with Crippen molar-refractivity contribution in [1.82, 2.24) is 24.6 Å². The normalized spacial score (nSPS) is 14.5. The quantitative estimate of drug-likeness (QED) is 0.235. The molecule has 0 fully saturated rings. The van der Waals surface area contributed by atoms with E-state index in [0.29, 0.717) is 22.7 Å². The van der Waals surface area contributed by atoms with Gasteiger partial charge in [-0.3, -0.25) is 0 Å². The molecule has 7 aromatic rings. The molecule has 4 aromatic carbocycles. The fourth-order valence-corrected chi connectivity index (χ4v) is 5.87. The molecule has 4 heterocycles. The first kappa shape index (κ1) is 21.4. The first-order valence-electron chi connectivity index (χ1n) is 12.3. The number of benzene rings is 4. The van der Waals surface area contributed by atoms with Crippen LogP contribution in [-0.2, 0) is 5.75 Å². The fourth-order valence-electron chi connectivity index (χ4n) is 5.18. The van der Waals surface area contributed by atoms with Crippen LogP contribution in [0.5, 0.6) is 11.6 Å². The summed E-state index contributed by atoms with van der Waals surface area (Å²) in [5.74, 6) is 2.48. The third-order valence-corrected chi connectivity index (χ3v) is 7.70. The lowest BCUT2D eigenvalue weighted by Crippen LogP contribution is -2.15. The molecule has 0 bridgehead atoms. The number of oxazole rings is 1. The van der Waals surface area contributed by atoms with Crippen molar-refractivity contribution >= 4 is 39.3 Å². The van der Waals surface area contributed by atoms with E-state index in [4.69, 9.17) is 19.2 Å². The number of nitrogens with zero attached hydrogens (tertiary/aromatic N) is 5. The van der Waals surface area contributed by atoms with Gasteiger partial charge in [0.15, 0.2) is 17.1 Å². The molecule has 1 unspecified atom stereocenters. The van der Waals surface area contributed by atoms with E-state index in [1.54, 1.807) is 10.8 Å². The minimum Gasteiger partial charge on any atom is -0.438 e. The maximum atomic E-state index is 6.50. The van der Waals surface area contributed by atoms with Crippen LogP contribution in [0.1, 0.15) is 28.4 Å². The maximum Gasteiger partial charge on any atom is 0.257 e. The lowest BCUT2D eigenvalue weighted by atomic mass is 9.83. The van der Waals surface area contributed by atoms with Crippen LogP contribution < -0.4 is 4.74 Å². The van der Waals surface area contributed by atoms with Gasteiger partial charge in [-0.05, 0) is 23.1 Å². The van der Waals surface area contributed by atoms with E-state index in [0.717, 1.165) is 50.0 Å². The van der Waals surface area contributed by atoms with E-state index in [1.807, 2.05) is 42.5 Å². The van der Waals surface area contributed by atoms with Crippen LogP contribution in [0.15, 0.2) is 107 Å². The van der Waals surface area contributed by atoms with E-state index in [9.17, 15) is 0 Å². The number of hydrogen-bond acceptors (Lipinski definition) is 7. The zero-order chi connectivity index (χ0) is 25.1. The van der Waals surface area contributed by atoms with E-state index >= 15 is 0 Å². The number of para-hydroxylation sites is 2. The van der Waals surface area contributed by atoms with E-state index in [2.05, 4.69) is 58.5 Å². The van der Waals surface area contributed by atoms with Crippen LogP contribution in [0, 0.1) is 0 Å². The number of hydrogen-bond donors (Lipinski definition) is 0. The number of ether oxygens (including phenoxy) is 1. The minimum absolute atomic E-state index is 0.0995. The highest BCUT2D eigenvalue weighted by Crippen LogP contribution is 2.50. The van der Waals surface area contributed by atoms with Gasteiger partial charge in [0.1, 0.15) is 17.6 Å². The summed E-state index contributed by atoms with van der Waals surface area (Å²) in [6, 6.07) is 30.8. The first-order chi connectivity index (χ1) is 18.8. The summed E-state index contributed by atoms with van der Waals surface area (Å²) in [4.78, 5) is 14.2. The predicted molar refractivity (Wildman–Crippen MR) is 146 cm³/mol. The van der Waals surface area contributed by atoms with Gasteiger partial charge in [0.05, 0.1) is 11.3 Å². The molecule has 0 amide bonds. The van der Waals surface area contributed by atoms with Gasteiger partial charge >= 0.3 is 0 Å². The van der Waals surface area contributed by atoms with Crippen molar-refractivity contribution in [2.75, 3.05) is 0 Å². The average Bonchev–Trinajstić information content (AvgIpc) is 3.59. The first-order valence-corrected chi connectivity index (χ1v) is 13.3. The largest absolute Gasteiger partial charge is 0.438 e. The molecule has 7 nitrogen and oxygen atoms in total. The van der Waals surface area contributed by atoms with Crippen LogP contribution in [-0.4, -0.2) is 24.6 Å². The number of aromatic nitrogens is 5. The van der Waals surface area contributed by atoms with Crippen molar-refractivity contribution in [2.24, 2.45) is 0 Å². The van der Waals surface area contributed by atoms with Crippen LogP contribution in [0.3, 0.4) is 0 Å². The Morgan fingerprint density at radius 2 is 1.68 bits per heavy atom. The average molecular weight is 514 g/mol. The Hall–Kier alpha value is -4.69.